The molecular weight excluding hydrogens is 347 g/mol. The van der Waals surface area contributed by atoms with Crippen LogP contribution in [0.4, 0.5) is 10.1 Å². The molecule has 0 unspecified atom stereocenters. The van der Waals surface area contributed by atoms with Crippen LogP contribution in [0.1, 0.15) is 26.5 Å². The maximum atomic E-state index is 15.3. The van der Waals surface area contributed by atoms with E-state index < -0.39 is 0 Å². The van der Waals surface area contributed by atoms with Crippen molar-refractivity contribution in [2.24, 2.45) is 0 Å². The van der Waals surface area contributed by atoms with E-state index in [-0.39, 0.29) is 11.2 Å². The Labute approximate surface area is 159 Å². The van der Waals surface area contributed by atoms with Gasteiger partial charge in [-0.2, -0.15) is 0 Å². The van der Waals surface area contributed by atoms with Crippen molar-refractivity contribution in [3.8, 4) is 22.3 Å². The smallest absolute Gasteiger partial charge is 0.138 e. The highest BCUT2D eigenvalue weighted by Gasteiger charge is 2.18. The number of nitrogens with one attached hydrogen (secondary N) is 1. The molecule has 0 saturated carbocycles. The molecule has 0 saturated heterocycles. The molecule has 4 heteroatoms. The quantitative estimate of drug-likeness (QED) is 0.567. The van der Waals surface area contributed by atoms with Crippen molar-refractivity contribution in [3.05, 3.63) is 71.3 Å². The van der Waals surface area contributed by atoms with Crippen LogP contribution in [0, 0.1) is 5.82 Å². The molecule has 0 aliphatic heterocycles. The largest absolute Gasteiger partial charge is 0.388 e. The molecule has 0 amide bonds. The summed E-state index contributed by atoms with van der Waals surface area (Å²) in [6.45, 7) is 6.28. The first-order valence-electron chi connectivity index (χ1n) is 8.54. The summed E-state index contributed by atoms with van der Waals surface area (Å²) in [5, 5.41) is 3.55. The molecule has 0 bridgehead atoms. The first-order valence-corrected chi connectivity index (χ1v) is 8.92. The SMILES string of the molecule is CNc1ccc(-c2cccc(-c3ccnc(C(C)(C)C)c3)c2F)c(Cl)c1. The van der Waals surface area contributed by atoms with Crippen LogP contribution in [-0.4, -0.2) is 12.0 Å². The molecule has 0 radical (unpaired) electrons. The first-order chi connectivity index (χ1) is 12.3. The lowest BCUT2D eigenvalue weighted by Crippen LogP contribution is -2.13. The predicted molar refractivity (Wildman–Crippen MR) is 108 cm³/mol. The summed E-state index contributed by atoms with van der Waals surface area (Å²) in [5.74, 6) is -0.280. The zero-order chi connectivity index (χ0) is 18.9. The first kappa shape index (κ1) is 18.4. The minimum atomic E-state index is -0.280. The van der Waals surface area contributed by atoms with Crippen molar-refractivity contribution < 1.29 is 4.39 Å². The summed E-state index contributed by atoms with van der Waals surface area (Å²) in [5.41, 5.74) is 4.24. The van der Waals surface area contributed by atoms with Crippen LogP contribution in [-0.2, 0) is 5.41 Å². The topological polar surface area (TPSA) is 24.9 Å². The number of benzene rings is 2. The summed E-state index contributed by atoms with van der Waals surface area (Å²) >= 11 is 6.38. The van der Waals surface area contributed by atoms with Crippen LogP contribution in [0.25, 0.3) is 22.3 Å². The molecular formula is C22H22ClFN2. The molecule has 2 nitrogen and oxygen atoms in total. The molecule has 0 spiro atoms. The van der Waals surface area contributed by atoms with Gasteiger partial charge in [0.25, 0.3) is 0 Å². The summed E-state index contributed by atoms with van der Waals surface area (Å²) < 4.78 is 15.3. The van der Waals surface area contributed by atoms with E-state index in [4.69, 9.17) is 11.6 Å². The number of rotatable bonds is 3. The second kappa shape index (κ2) is 7.08. The molecule has 0 fully saturated rings. The fourth-order valence-electron chi connectivity index (χ4n) is 2.86. The third-order valence-electron chi connectivity index (χ3n) is 4.39. The van der Waals surface area contributed by atoms with Gasteiger partial charge in [0.1, 0.15) is 5.82 Å². The summed E-state index contributed by atoms with van der Waals surface area (Å²) in [6.07, 6.45) is 1.73. The van der Waals surface area contributed by atoms with Gasteiger partial charge in [0.2, 0.25) is 0 Å². The second-order valence-electron chi connectivity index (χ2n) is 7.29. The van der Waals surface area contributed by atoms with Gasteiger partial charge in [-0.15, -0.1) is 0 Å². The number of nitrogens with zero attached hydrogens (tertiary/aromatic N) is 1. The van der Waals surface area contributed by atoms with Gasteiger partial charge in [0.15, 0.2) is 0 Å². The maximum Gasteiger partial charge on any atom is 0.138 e. The van der Waals surface area contributed by atoms with Gasteiger partial charge in [-0.25, -0.2) is 4.39 Å². The van der Waals surface area contributed by atoms with E-state index in [1.807, 2.05) is 37.4 Å². The molecule has 0 atom stereocenters. The van der Waals surface area contributed by atoms with Crippen molar-refractivity contribution in [2.75, 3.05) is 12.4 Å². The molecule has 1 aromatic heterocycles. The average Bonchev–Trinajstić information content (AvgIpc) is 2.61. The monoisotopic (exact) mass is 368 g/mol. The third-order valence-corrected chi connectivity index (χ3v) is 4.70. The van der Waals surface area contributed by atoms with Gasteiger partial charge in [-0.3, -0.25) is 4.98 Å². The Morgan fingerprint density at radius 3 is 2.35 bits per heavy atom. The number of aromatic nitrogens is 1. The highest BCUT2D eigenvalue weighted by Crippen LogP contribution is 2.36. The average molecular weight is 369 g/mol. The molecule has 1 heterocycles. The van der Waals surface area contributed by atoms with E-state index in [1.165, 1.54) is 0 Å². The Morgan fingerprint density at radius 1 is 0.962 bits per heavy atom. The van der Waals surface area contributed by atoms with Gasteiger partial charge < -0.3 is 5.32 Å². The summed E-state index contributed by atoms with van der Waals surface area (Å²) in [6, 6.07) is 14.7. The minimum Gasteiger partial charge on any atom is -0.388 e. The zero-order valence-corrected chi connectivity index (χ0v) is 16.2. The standard InChI is InChI=1S/C22H22ClFN2/c1-22(2,3)20-12-14(10-11-26-20)16-6-5-7-18(21(16)24)17-9-8-15(25-4)13-19(17)23/h5-13,25H,1-4H3. The maximum absolute atomic E-state index is 15.3. The second-order valence-corrected chi connectivity index (χ2v) is 7.70. The number of pyridine rings is 1. The van der Waals surface area contributed by atoms with E-state index in [9.17, 15) is 0 Å². The number of anilines is 1. The van der Waals surface area contributed by atoms with Crippen molar-refractivity contribution in [1.29, 1.82) is 0 Å². The minimum absolute atomic E-state index is 0.101. The number of hydrogen-bond acceptors (Lipinski definition) is 2. The molecule has 3 aromatic rings. The molecule has 2 aromatic carbocycles. The normalized spacial score (nSPS) is 11.5. The molecule has 0 aliphatic rings. The fourth-order valence-corrected chi connectivity index (χ4v) is 3.14. The molecule has 134 valence electrons. The zero-order valence-electron chi connectivity index (χ0n) is 15.4. The van der Waals surface area contributed by atoms with E-state index in [2.05, 4.69) is 31.1 Å². The van der Waals surface area contributed by atoms with Crippen molar-refractivity contribution in [1.82, 2.24) is 4.98 Å². The van der Waals surface area contributed by atoms with Crippen LogP contribution >= 0.6 is 11.6 Å². The van der Waals surface area contributed by atoms with Gasteiger partial charge in [0.05, 0.1) is 5.02 Å². The van der Waals surface area contributed by atoms with Crippen molar-refractivity contribution in [2.45, 2.75) is 26.2 Å². The molecule has 1 N–H and O–H groups in total. The number of hydrogen-bond donors (Lipinski definition) is 1. The lowest BCUT2D eigenvalue weighted by molar-refractivity contribution is 0.569. The van der Waals surface area contributed by atoms with Crippen LogP contribution in [0.15, 0.2) is 54.7 Å². The Hall–Kier alpha value is -2.39. The van der Waals surface area contributed by atoms with Gasteiger partial charge in [-0.05, 0) is 29.8 Å². The number of halogens is 2. The van der Waals surface area contributed by atoms with E-state index in [0.717, 1.165) is 16.9 Å². The van der Waals surface area contributed by atoms with Gasteiger partial charge in [-0.1, -0.05) is 56.6 Å². The van der Waals surface area contributed by atoms with Crippen molar-refractivity contribution in [3.63, 3.8) is 0 Å². The van der Waals surface area contributed by atoms with E-state index in [0.29, 0.717) is 21.7 Å². The third kappa shape index (κ3) is 3.58. The van der Waals surface area contributed by atoms with E-state index in [1.54, 1.807) is 24.4 Å². The Balaban J connectivity index is 2.12. The lowest BCUT2D eigenvalue weighted by atomic mass is 9.89. The molecule has 3 rings (SSSR count). The van der Waals surface area contributed by atoms with E-state index >= 15 is 4.39 Å². The predicted octanol–water partition coefficient (Wildman–Crippen LogP) is 6.55. The van der Waals surface area contributed by atoms with Crippen LogP contribution < -0.4 is 5.32 Å². The van der Waals surface area contributed by atoms with Gasteiger partial charge in [0, 0.05) is 46.7 Å². The summed E-state index contributed by atoms with van der Waals surface area (Å²) in [4.78, 5) is 4.43. The lowest BCUT2D eigenvalue weighted by Gasteiger charge is -2.18. The van der Waals surface area contributed by atoms with Crippen LogP contribution in [0.2, 0.25) is 5.02 Å². The Bertz CT molecular complexity index is 945. The van der Waals surface area contributed by atoms with Crippen LogP contribution in [0.5, 0.6) is 0 Å². The molecule has 26 heavy (non-hydrogen) atoms. The van der Waals surface area contributed by atoms with Crippen molar-refractivity contribution >= 4 is 17.3 Å². The highest BCUT2D eigenvalue weighted by molar-refractivity contribution is 6.33. The van der Waals surface area contributed by atoms with Crippen LogP contribution in [0.3, 0.4) is 0 Å². The molecule has 0 aliphatic carbocycles. The highest BCUT2D eigenvalue weighted by atomic mass is 35.5. The van der Waals surface area contributed by atoms with Gasteiger partial charge >= 0.3 is 0 Å². The fraction of sp³-hybridized carbons (Fsp3) is 0.227. The summed E-state index contributed by atoms with van der Waals surface area (Å²) in [7, 11) is 1.82. The Morgan fingerprint density at radius 2 is 1.69 bits per heavy atom. The Kier molecular flexibility index (Phi) is 5.01.